The van der Waals surface area contributed by atoms with Crippen LogP contribution in [-0.4, -0.2) is 15.8 Å². The number of hydrogen-bond donors (Lipinski definition) is 1. The zero-order valence-electron chi connectivity index (χ0n) is 12.5. The molecule has 0 aliphatic heterocycles. The van der Waals surface area contributed by atoms with Crippen LogP contribution in [0.4, 0.5) is 10.8 Å². The van der Waals surface area contributed by atoms with Gasteiger partial charge in [-0.05, 0) is 43.2 Å². The van der Waals surface area contributed by atoms with Gasteiger partial charge in [0.05, 0.1) is 15.1 Å². The van der Waals surface area contributed by atoms with E-state index >= 15 is 0 Å². The van der Waals surface area contributed by atoms with Crippen LogP contribution in [0.25, 0.3) is 10.2 Å². The number of nitro benzene ring substituents is 1. The van der Waals surface area contributed by atoms with Gasteiger partial charge in [0.15, 0.2) is 5.13 Å². The number of aromatic nitrogens is 1. The molecule has 6 nitrogen and oxygen atoms in total. The Morgan fingerprint density at radius 3 is 2.65 bits per heavy atom. The molecule has 0 fully saturated rings. The van der Waals surface area contributed by atoms with Crippen LogP contribution in [0.2, 0.25) is 0 Å². The third-order valence-electron chi connectivity index (χ3n) is 3.57. The van der Waals surface area contributed by atoms with Crippen LogP contribution in [0.15, 0.2) is 36.4 Å². The molecule has 116 valence electrons. The Balaban J connectivity index is 1.93. The first kappa shape index (κ1) is 15.1. The van der Waals surface area contributed by atoms with Crippen molar-refractivity contribution in [3.05, 3.63) is 63.2 Å². The second-order valence-corrected chi connectivity index (χ2v) is 6.18. The van der Waals surface area contributed by atoms with Gasteiger partial charge in [0.25, 0.3) is 11.6 Å². The Morgan fingerprint density at radius 2 is 1.91 bits per heavy atom. The second kappa shape index (κ2) is 5.77. The van der Waals surface area contributed by atoms with Gasteiger partial charge < -0.3 is 0 Å². The SMILES string of the molecule is Cc1cc2nc(NC(=O)c3ccccc3[N+](=O)[O-])sc2cc1C. The van der Waals surface area contributed by atoms with Gasteiger partial charge in [-0.15, -0.1) is 0 Å². The number of carbonyl (C=O) groups excluding carboxylic acids is 1. The molecular weight excluding hydrogens is 314 g/mol. The van der Waals surface area contributed by atoms with E-state index in [0.717, 1.165) is 21.3 Å². The summed E-state index contributed by atoms with van der Waals surface area (Å²) >= 11 is 1.34. The van der Waals surface area contributed by atoms with Gasteiger partial charge in [0, 0.05) is 6.07 Å². The van der Waals surface area contributed by atoms with Gasteiger partial charge in [0.2, 0.25) is 0 Å². The van der Waals surface area contributed by atoms with Gasteiger partial charge in [-0.3, -0.25) is 20.2 Å². The molecule has 0 bridgehead atoms. The average Bonchev–Trinajstić information content (AvgIpc) is 2.88. The maximum Gasteiger partial charge on any atom is 0.282 e. The number of nitrogens with one attached hydrogen (secondary N) is 1. The molecule has 1 amide bonds. The van der Waals surface area contributed by atoms with Gasteiger partial charge in [0.1, 0.15) is 5.56 Å². The number of rotatable bonds is 3. The standard InChI is InChI=1S/C16H13N3O3S/c1-9-7-12-14(8-10(9)2)23-16(17-12)18-15(20)11-5-3-4-6-13(11)19(21)22/h3-8H,1-2H3,(H,17,18,20). The molecule has 7 heteroatoms. The molecule has 0 unspecified atom stereocenters. The van der Waals surface area contributed by atoms with Crippen molar-refractivity contribution in [1.29, 1.82) is 0 Å². The van der Waals surface area contributed by atoms with Crippen LogP contribution in [0.5, 0.6) is 0 Å². The van der Waals surface area contributed by atoms with Crippen LogP contribution < -0.4 is 5.32 Å². The van der Waals surface area contributed by atoms with E-state index in [0.29, 0.717) is 5.13 Å². The highest BCUT2D eigenvalue weighted by Gasteiger charge is 2.20. The fraction of sp³-hybridized carbons (Fsp3) is 0.125. The minimum Gasteiger partial charge on any atom is -0.298 e. The highest BCUT2D eigenvalue weighted by atomic mass is 32.1. The van der Waals surface area contributed by atoms with Gasteiger partial charge in [-0.2, -0.15) is 0 Å². The van der Waals surface area contributed by atoms with Crippen LogP contribution in [0.1, 0.15) is 21.5 Å². The summed E-state index contributed by atoms with van der Waals surface area (Å²) in [4.78, 5) is 27.1. The van der Waals surface area contributed by atoms with E-state index in [2.05, 4.69) is 10.3 Å². The number of benzene rings is 2. The summed E-state index contributed by atoms with van der Waals surface area (Å²) in [6.07, 6.45) is 0. The molecule has 3 rings (SSSR count). The first-order chi connectivity index (χ1) is 11.0. The molecule has 0 atom stereocenters. The number of thiazole rings is 1. The normalized spacial score (nSPS) is 10.7. The van der Waals surface area contributed by atoms with E-state index in [-0.39, 0.29) is 11.3 Å². The third kappa shape index (κ3) is 2.91. The van der Waals surface area contributed by atoms with Crippen molar-refractivity contribution < 1.29 is 9.72 Å². The minimum absolute atomic E-state index is 0.0177. The lowest BCUT2D eigenvalue weighted by atomic mass is 10.1. The summed E-state index contributed by atoms with van der Waals surface area (Å²) in [6.45, 7) is 4.01. The number of hydrogen-bond acceptors (Lipinski definition) is 5. The Bertz CT molecular complexity index is 894. The molecule has 1 N–H and O–H groups in total. The fourth-order valence-electron chi connectivity index (χ4n) is 2.22. The Morgan fingerprint density at radius 1 is 1.22 bits per heavy atom. The van der Waals surface area contributed by atoms with Crippen molar-refractivity contribution in [2.24, 2.45) is 0 Å². The van der Waals surface area contributed by atoms with Crippen LogP contribution in [0.3, 0.4) is 0 Å². The lowest BCUT2D eigenvalue weighted by Gasteiger charge is -2.02. The summed E-state index contributed by atoms with van der Waals surface area (Å²) in [5, 5.41) is 14.1. The molecule has 23 heavy (non-hydrogen) atoms. The Labute approximate surface area is 135 Å². The number of carbonyl (C=O) groups is 1. The molecule has 3 aromatic rings. The zero-order valence-corrected chi connectivity index (χ0v) is 13.3. The van der Waals surface area contributed by atoms with Gasteiger partial charge in [-0.1, -0.05) is 23.5 Å². The third-order valence-corrected chi connectivity index (χ3v) is 4.50. The number of amides is 1. The molecule has 1 aromatic heterocycles. The number of aryl methyl sites for hydroxylation is 2. The minimum atomic E-state index is -0.569. The maximum absolute atomic E-state index is 12.3. The molecule has 1 heterocycles. The number of fused-ring (bicyclic) bond motifs is 1. The average molecular weight is 327 g/mol. The molecule has 0 spiro atoms. The summed E-state index contributed by atoms with van der Waals surface area (Å²) in [7, 11) is 0. The van der Waals surface area contributed by atoms with E-state index < -0.39 is 10.8 Å². The van der Waals surface area contributed by atoms with E-state index in [1.54, 1.807) is 6.07 Å². The second-order valence-electron chi connectivity index (χ2n) is 5.15. The van der Waals surface area contributed by atoms with Crippen LogP contribution in [0, 0.1) is 24.0 Å². The van der Waals surface area contributed by atoms with E-state index in [9.17, 15) is 14.9 Å². The predicted molar refractivity (Wildman–Crippen MR) is 90.1 cm³/mol. The van der Waals surface area contributed by atoms with Crippen molar-refractivity contribution >= 4 is 38.3 Å². The summed E-state index contributed by atoms with van der Waals surface area (Å²) in [5.74, 6) is -0.537. The smallest absolute Gasteiger partial charge is 0.282 e. The summed E-state index contributed by atoms with van der Waals surface area (Å²) < 4.78 is 0.964. The molecular formula is C16H13N3O3S. The van der Waals surface area contributed by atoms with Gasteiger partial charge >= 0.3 is 0 Å². The maximum atomic E-state index is 12.3. The van der Waals surface area contributed by atoms with Crippen molar-refractivity contribution in [2.75, 3.05) is 5.32 Å². The number of para-hydroxylation sites is 1. The zero-order chi connectivity index (χ0) is 16.6. The Kier molecular flexibility index (Phi) is 3.79. The first-order valence-corrected chi connectivity index (χ1v) is 7.70. The molecule has 2 aromatic carbocycles. The Hall–Kier alpha value is -2.80. The van der Waals surface area contributed by atoms with Crippen molar-refractivity contribution in [3.63, 3.8) is 0 Å². The molecule has 0 aliphatic rings. The van der Waals surface area contributed by atoms with Crippen LogP contribution in [-0.2, 0) is 0 Å². The fourth-order valence-corrected chi connectivity index (χ4v) is 3.16. The predicted octanol–water partition coefficient (Wildman–Crippen LogP) is 4.07. The summed E-state index contributed by atoms with van der Waals surface area (Å²) in [5.41, 5.74) is 2.87. The quantitative estimate of drug-likeness (QED) is 0.580. The van der Waals surface area contributed by atoms with Gasteiger partial charge in [-0.25, -0.2) is 4.98 Å². The number of anilines is 1. The molecule has 0 saturated heterocycles. The lowest BCUT2D eigenvalue weighted by Crippen LogP contribution is -2.13. The highest BCUT2D eigenvalue weighted by Crippen LogP contribution is 2.29. The highest BCUT2D eigenvalue weighted by molar-refractivity contribution is 7.22. The number of nitro groups is 1. The lowest BCUT2D eigenvalue weighted by molar-refractivity contribution is -0.385. The number of nitrogens with zero attached hydrogens (tertiary/aromatic N) is 2. The molecule has 0 saturated carbocycles. The monoisotopic (exact) mass is 327 g/mol. The van der Waals surface area contributed by atoms with Crippen molar-refractivity contribution in [3.8, 4) is 0 Å². The van der Waals surface area contributed by atoms with Crippen LogP contribution >= 0.6 is 11.3 Å². The van der Waals surface area contributed by atoms with Crippen molar-refractivity contribution in [1.82, 2.24) is 4.98 Å². The van der Waals surface area contributed by atoms with E-state index in [1.807, 2.05) is 26.0 Å². The largest absolute Gasteiger partial charge is 0.298 e. The summed E-state index contributed by atoms with van der Waals surface area (Å²) in [6, 6.07) is 9.82. The van der Waals surface area contributed by atoms with E-state index in [1.165, 1.54) is 29.5 Å². The van der Waals surface area contributed by atoms with Crippen molar-refractivity contribution in [2.45, 2.75) is 13.8 Å². The molecule has 0 radical (unpaired) electrons. The molecule has 0 aliphatic carbocycles. The first-order valence-electron chi connectivity index (χ1n) is 6.88. The van der Waals surface area contributed by atoms with E-state index in [4.69, 9.17) is 0 Å². The topological polar surface area (TPSA) is 85.1 Å².